The van der Waals surface area contributed by atoms with Crippen LogP contribution < -0.4 is 11.1 Å². The summed E-state index contributed by atoms with van der Waals surface area (Å²) in [5.41, 5.74) is 6.66. The first kappa shape index (κ1) is 10.0. The molecule has 0 saturated heterocycles. The van der Waals surface area contributed by atoms with Gasteiger partial charge < -0.3 is 11.1 Å². The van der Waals surface area contributed by atoms with Crippen LogP contribution in [-0.4, -0.2) is 21.7 Å². The maximum Gasteiger partial charge on any atom is 0.271 e. The first-order valence-electron chi connectivity index (χ1n) is 5.23. The Kier molecular flexibility index (Phi) is 2.38. The summed E-state index contributed by atoms with van der Waals surface area (Å²) in [7, 11) is 0. The standard InChI is InChI=1S/C10H16N4O/c1-6(2)14-9(8(11)5-12-14)10(15)13-7-3-4-7/h5-7H,3-4,11H2,1-2H3,(H,13,15). The molecule has 1 fully saturated rings. The van der Waals surface area contributed by atoms with Crippen LogP contribution in [0.4, 0.5) is 5.69 Å². The monoisotopic (exact) mass is 208 g/mol. The van der Waals surface area contributed by atoms with Gasteiger partial charge in [0.25, 0.3) is 5.91 Å². The fraction of sp³-hybridized carbons (Fsp3) is 0.600. The molecule has 15 heavy (non-hydrogen) atoms. The lowest BCUT2D eigenvalue weighted by Crippen LogP contribution is -2.29. The van der Waals surface area contributed by atoms with Gasteiger partial charge in [-0.1, -0.05) is 0 Å². The van der Waals surface area contributed by atoms with Crippen molar-refractivity contribution >= 4 is 11.6 Å². The summed E-state index contributed by atoms with van der Waals surface area (Å²) in [6, 6.07) is 0.481. The molecule has 1 aromatic rings. The highest BCUT2D eigenvalue weighted by Crippen LogP contribution is 2.21. The van der Waals surface area contributed by atoms with E-state index in [1.807, 2.05) is 13.8 Å². The molecule has 0 aromatic carbocycles. The molecule has 2 rings (SSSR count). The predicted octanol–water partition coefficient (Wildman–Crippen LogP) is 0.938. The summed E-state index contributed by atoms with van der Waals surface area (Å²) in [5.74, 6) is -0.110. The highest BCUT2D eigenvalue weighted by Gasteiger charge is 2.27. The number of nitrogens with one attached hydrogen (secondary N) is 1. The highest BCUT2D eigenvalue weighted by molar-refractivity contribution is 5.97. The minimum absolute atomic E-state index is 0.110. The molecular weight excluding hydrogens is 192 g/mol. The molecule has 82 valence electrons. The van der Waals surface area contributed by atoms with E-state index in [-0.39, 0.29) is 11.9 Å². The maximum absolute atomic E-state index is 11.9. The van der Waals surface area contributed by atoms with Gasteiger partial charge in [-0.3, -0.25) is 9.48 Å². The number of carbonyl (C=O) groups is 1. The van der Waals surface area contributed by atoms with E-state index >= 15 is 0 Å². The van der Waals surface area contributed by atoms with Crippen LogP contribution in [0.2, 0.25) is 0 Å². The van der Waals surface area contributed by atoms with Gasteiger partial charge in [-0.05, 0) is 26.7 Å². The maximum atomic E-state index is 11.9. The number of rotatable bonds is 3. The Balaban J connectivity index is 2.23. The molecular formula is C10H16N4O. The number of nitrogens with two attached hydrogens (primary N) is 1. The second-order valence-electron chi connectivity index (χ2n) is 4.23. The SMILES string of the molecule is CC(C)n1ncc(N)c1C(=O)NC1CC1. The van der Waals surface area contributed by atoms with Crippen LogP contribution in [0.25, 0.3) is 0 Å². The molecule has 0 atom stereocenters. The Morgan fingerprint density at radius 1 is 1.67 bits per heavy atom. The van der Waals surface area contributed by atoms with Crippen LogP contribution >= 0.6 is 0 Å². The third kappa shape index (κ3) is 1.95. The largest absolute Gasteiger partial charge is 0.396 e. The summed E-state index contributed by atoms with van der Waals surface area (Å²) in [4.78, 5) is 11.9. The van der Waals surface area contributed by atoms with Crippen molar-refractivity contribution in [2.45, 2.75) is 38.8 Å². The van der Waals surface area contributed by atoms with Gasteiger partial charge >= 0.3 is 0 Å². The number of nitrogens with zero attached hydrogens (tertiary/aromatic N) is 2. The van der Waals surface area contributed by atoms with E-state index < -0.39 is 0 Å². The summed E-state index contributed by atoms with van der Waals surface area (Å²) in [6.45, 7) is 3.95. The molecule has 1 aromatic heterocycles. The molecule has 0 spiro atoms. The molecule has 0 radical (unpaired) electrons. The average Bonchev–Trinajstić information content (AvgIpc) is 2.86. The molecule has 1 amide bonds. The molecule has 3 N–H and O–H groups in total. The number of hydrogen-bond donors (Lipinski definition) is 2. The molecule has 5 nitrogen and oxygen atoms in total. The van der Waals surface area contributed by atoms with Gasteiger partial charge in [0.2, 0.25) is 0 Å². The van der Waals surface area contributed by atoms with Gasteiger partial charge in [0.1, 0.15) is 5.69 Å². The highest BCUT2D eigenvalue weighted by atomic mass is 16.2. The first-order valence-corrected chi connectivity index (χ1v) is 5.23. The molecule has 1 heterocycles. The summed E-state index contributed by atoms with van der Waals surface area (Å²) >= 11 is 0. The smallest absolute Gasteiger partial charge is 0.271 e. The number of amides is 1. The van der Waals surface area contributed by atoms with Gasteiger partial charge in [0.05, 0.1) is 11.9 Å². The van der Waals surface area contributed by atoms with Gasteiger partial charge in [-0.2, -0.15) is 5.10 Å². The number of carbonyl (C=O) groups excluding carboxylic acids is 1. The first-order chi connectivity index (χ1) is 7.09. The van der Waals surface area contributed by atoms with E-state index in [0.29, 0.717) is 17.4 Å². The van der Waals surface area contributed by atoms with Crippen molar-refractivity contribution in [1.82, 2.24) is 15.1 Å². The lowest BCUT2D eigenvalue weighted by atomic mass is 10.3. The van der Waals surface area contributed by atoms with Crippen molar-refractivity contribution in [1.29, 1.82) is 0 Å². The molecule has 5 heteroatoms. The Labute approximate surface area is 88.6 Å². The summed E-state index contributed by atoms with van der Waals surface area (Å²) in [5, 5.41) is 7.01. The van der Waals surface area contributed by atoms with E-state index in [2.05, 4.69) is 10.4 Å². The molecule has 0 unspecified atom stereocenters. The van der Waals surface area contributed by atoms with Crippen molar-refractivity contribution in [2.24, 2.45) is 0 Å². The minimum Gasteiger partial charge on any atom is -0.396 e. The van der Waals surface area contributed by atoms with Gasteiger partial charge in [-0.25, -0.2) is 0 Å². The van der Waals surface area contributed by atoms with Crippen molar-refractivity contribution in [2.75, 3.05) is 5.73 Å². The lowest BCUT2D eigenvalue weighted by Gasteiger charge is -2.11. The normalized spacial score (nSPS) is 15.7. The van der Waals surface area contributed by atoms with E-state index in [0.717, 1.165) is 12.8 Å². The average molecular weight is 208 g/mol. The van der Waals surface area contributed by atoms with E-state index in [4.69, 9.17) is 5.73 Å². The third-order valence-electron chi connectivity index (χ3n) is 2.44. The zero-order valence-electron chi connectivity index (χ0n) is 9.03. The van der Waals surface area contributed by atoms with Crippen molar-refractivity contribution in [3.8, 4) is 0 Å². The van der Waals surface area contributed by atoms with E-state index in [1.54, 1.807) is 4.68 Å². The van der Waals surface area contributed by atoms with E-state index in [9.17, 15) is 4.79 Å². The van der Waals surface area contributed by atoms with Gasteiger partial charge in [0, 0.05) is 12.1 Å². The summed E-state index contributed by atoms with van der Waals surface area (Å²) in [6.07, 6.45) is 3.67. The van der Waals surface area contributed by atoms with Crippen molar-refractivity contribution in [3.05, 3.63) is 11.9 Å². The zero-order chi connectivity index (χ0) is 11.0. The number of aromatic nitrogens is 2. The predicted molar refractivity (Wildman–Crippen MR) is 57.5 cm³/mol. The summed E-state index contributed by atoms with van der Waals surface area (Å²) < 4.78 is 1.66. The van der Waals surface area contributed by atoms with Crippen molar-refractivity contribution < 1.29 is 4.79 Å². The fourth-order valence-electron chi connectivity index (χ4n) is 1.48. The zero-order valence-corrected chi connectivity index (χ0v) is 9.03. The Bertz CT molecular complexity index is 379. The molecule has 1 saturated carbocycles. The Hall–Kier alpha value is -1.52. The molecule has 0 aliphatic heterocycles. The molecule has 1 aliphatic carbocycles. The minimum atomic E-state index is -0.110. The van der Waals surface area contributed by atoms with Crippen LogP contribution in [-0.2, 0) is 0 Å². The van der Waals surface area contributed by atoms with Crippen molar-refractivity contribution in [3.63, 3.8) is 0 Å². The number of anilines is 1. The lowest BCUT2D eigenvalue weighted by molar-refractivity contribution is 0.0939. The second kappa shape index (κ2) is 3.56. The second-order valence-corrected chi connectivity index (χ2v) is 4.23. The molecule has 0 bridgehead atoms. The Morgan fingerprint density at radius 2 is 2.33 bits per heavy atom. The third-order valence-corrected chi connectivity index (χ3v) is 2.44. The van der Waals surface area contributed by atoms with Crippen LogP contribution in [0.5, 0.6) is 0 Å². The van der Waals surface area contributed by atoms with E-state index in [1.165, 1.54) is 6.20 Å². The van der Waals surface area contributed by atoms with Gasteiger partial charge in [-0.15, -0.1) is 0 Å². The number of nitrogen functional groups attached to an aromatic ring is 1. The fourth-order valence-corrected chi connectivity index (χ4v) is 1.48. The van der Waals surface area contributed by atoms with Crippen LogP contribution in [0, 0.1) is 0 Å². The molecule has 1 aliphatic rings. The van der Waals surface area contributed by atoms with Crippen LogP contribution in [0.1, 0.15) is 43.2 Å². The van der Waals surface area contributed by atoms with Crippen LogP contribution in [0.3, 0.4) is 0 Å². The van der Waals surface area contributed by atoms with Gasteiger partial charge in [0.15, 0.2) is 0 Å². The number of hydrogen-bond acceptors (Lipinski definition) is 3. The topological polar surface area (TPSA) is 72.9 Å². The Morgan fingerprint density at radius 3 is 2.87 bits per heavy atom. The quantitative estimate of drug-likeness (QED) is 0.776. The van der Waals surface area contributed by atoms with Crippen LogP contribution in [0.15, 0.2) is 6.20 Å².